The normalized spacial score (nSPS) is 12.2. The molecule has 4 N–H and O–H groups in total. The lowest BCUT2D eigenvalue weighted by atomic mass is 9.90. The van der Waals surface area contributed by atoms with Gasteiger partial charge in [-0.1, -0.05) is 200 Å². The van der Waals surface area contributed by atoms with Gasteiger partial charge in [0.15, 0.2) is 0 Å². The summed E-state index contributed by atoms with van der Waals surface area (Å²) >= 11 is 0. The third kappa shape index (κ3) is 20.9. The van der Waals surface area contributed by atoms with Crippen LogP contribution in [0.5, 0.6) is 0 Å². The van der Waals surface area contributed by atoms with Gasteiger partial charge < -0.3 is 11.5 Å². The Morgan fingerprint density at radius 2 is 1.22 bits per heavy atom. The van der Waals surface area contributed by atoms with Gasteiger partial charge in [0, 0.05) is 12.2 Å². The number of nitrogens with two attached hydrogens (primary N) is 2. The molecule has 4 rings (SSSR count). The first kappa shape index (κ1) is 46.4. The van der Waals surface area contributed by atoms with Crippen LogP contribution in [0.1, 0.15) is 185 Å². The second kappa shape index (κ2) is 29.9. The van der Waals surface area contributed by atoms with Crippen molar-refractivity contribution in [3.8, 4) is 11.1 Å². The number of unbranched alkanes of at least 4 members (excludes halogenated alkanes) is 10. The van der Waals surface area contributed by atoms with Crippen molar-refractivity contribution in [2.75, 3.05) is 5.73 Å². The highest BCUT2D eigenvalue weighted by molar-refractivity contribution is 5.73. The van der Waals surface area contributed by atoms with Crippen LogP contribution in [0.2, 0.25) is 0 Å². The lowest BCUT2D eigenvalue weighted by molar-refractivity contribution is 0.461. The molecule has 0 bridgehead atoms. The van der Waals surface area contributed by atoms with Gasteiger partial charge in [0.1, 0.15) is 0 Å². The summed E-state index contributed by atoms with van der Waals surface area (Å²) < 4.78 is 0. The van der Waals surface area contributed by atoms with Crippen LogP contribution in [0.15, 0.2) is 60.7 Å². The molecule has 0 aromatic heterocycles. The third-order valence-electron chi connectivity index (χ3n) is 10.5. The highest BCUT2D eigenvalue weighted by Gasteiger charge is 2.16. The highest BCUT2D eigenvalue weighted by atomic mass is 14.6. The van der Waals surface area contributed by atoms with Gasteiger partial charge in [-0.2, -0.15) is 0 Å². The van der Waals surface area contributed by atoms with Crippen molar-refractivity contribution >= 4 is 5.69 Å². The molecular weight excluding hydrogens is 617 g/mol. The van der Waals surface area contributed by atoms with Crippen LogP contribution >= 0.6 is 0 Å². The monoisotopic (exact) mass is 699 g/mol. The molecule has 0 fully saturated rings. The number of anilines is 1. The second-order valence-corrected chi connectivity index (χ2v) is 15.6. The van der Waals surface area contributed by atoms with Crippen molar-refractivity contribution < 1.29 is 0 Å². The number of hydrogen-bond donors (Lipinski definition) is 2. The largest absolute Gasteiger partial charge is 0.399 e. The zero-order chi connectivity index (χ0) is 37.7. The van der Waals surface area contributed by atoms with Gasteiger partial charge in [0.2, 0.25) is 0 Å². The fourth-order valence-corrected chi connectivity index (χ4v) is 6.92. The number of benzene rings is 3. The van der Waals surface area contributed by atoms with Gasteiger partial charge in [-0.3, -0.25) is 0 Å². The quantitative estimate of drug-likeness (QED) is 0.0967. The minimum atomic E-state index is 0.561. The fourth-order valence-electron chi connectivity index (χ4n) is 6.92. The minimum Gasteiger partial charge on any atom is -0.399 e. The van der Waals surface area contributed by atoms with E-state index < -0.39 is 0 Å². The first-order valence-corrected chi connectivity index (χ1v) is 21.5. The second-order valence-electron chi connectivity index (χ2n) is 15.6. The van der Waals surface area contributed by atoms with Crippen molar-refractivity contribution in [3.05, 3.63) is 88.5 Å². The molecule has 0 saturated carbocycles. The van der Waals surface area contributed by atoms with Crippen molar-refractivity contribution in [3.63, 3.8) is 0 Å². The molecule has 1 unspecified atom stereocenters. The van der Waals surface area contributed by atoms with Crippen LogP contribution in [0.4, 0.5) is 5.69 Å². The molecule has 0 saturated heterocycles. The molecule has 2 heteroatoms. The molecule has 288 valence electrons. The van der Waals surface area contributed by atoms with E-state index in [1.807, 2.05) is 24.3 Å². The van der Waals surface area contributed by atoms with Gasteiger partial charge in [-0.15, -0.1) is 0 Å². The van der Waals surface area contributed by atoms with E-state index in [4.69, 9.17) is 11.5 Å². The molecule has 3 aromatic rings. The zero-order valence-electron chi connectivity index (χ0n) is 34.9. The molecule has 1 aliphatic rings. The lowest BCUT2D eigenvalue weighted by Crippen LogP contribution is -1.96. The molecule has 1 aliphatic carbocycles. The average Bonchev–Trinajstić information content (AvgIpc) is 3.62. The predicted octanol–water partition coefficient (Wildman–Crippen LogP) is 15.0. The SMILES string of the molecule is CCC(C)CCCCCCC(C)C.CCCCCCCCCC.CCCc1cccc(-c2cccc3c2CCC3)c1C.NCc1cccc(N)c1. The molecule has 0 radical (unpaired) electrons. The minimum absolute atomic E-state index is 0.561. The summed E-state index contributed by atoms with van der Waals surface area (Å²) in [5, 5.41) is 0. The van der Waals surface area contributed by atoms with Crippen LogP contribution in [0.3, 0.4) is 0 Å². The van der Waals surface area contributed by atoms with E-state index in [0.717, 1.165) is 23.1 Å². The number of nitrogen functional groups attached to an aromatic ring is 1. The van der Waals surface area contributed by atoms with Gasteiger partial charge in [0.25, 0.3) is 0 Å². The Morgan fingerprint density at radius 1 is 0.627 bits per heavy atom. The first-order valence-electron chi connectivity index (χ1n) is 21.5. The molecule has 0 aliphatic heterocycles. The predicted molar refractivity (Wildman–Crippen MR) is 232 cm³/mol. The zero-order valence-corrected chi connectivity index (χ0v) is 34.9. The summed E-state index contributed by atoms with van der Waals surface area (Å²) in [4.78, 5) is 0. The Kier molecular flexibility index (Phi) is 27.3. The Hall–Kier alpha value is -2.58. The Balaban J connectivity index is 0.000000358. The topological polar surface area (TPSA) is 52.0 Å². The Bertz CT molecular complexity index is 1250. The molecule has 51 heavy (non-hydrogen) atoms. The van der Waals surface area contributed by atoms with Crippen LogP contribution in [0.25, 0.3) is 11.1 Å². The molecule has 0 heterocycles. The number of fused-ring (bicyclic) bond motifs is 1. The molecule has 0 amide bonds. The van der Waals surface area contributed by atoms with Crippen LogP contribution in [0, 0.1) is 18.8 Å². The standard InChI is InChI=1S/C19H22.C13H28.C10H22.C7H10N2/c1-3-7-15-8-4-11-17(14(15)2)19-13-6-10-16-9-5-12-18(16)19;1-5-13(4)11-9-7-6-8-10-12(2)3;1-3-5-7-9-10-8-6-4-2;8-5-6-2-1-3-7(9)4-6/h4,6,8,10-11,13H,3,5,7,9,12H2,1-2H3;12-13H,5-11H2,1-4H3;3-10H2,1-2H3;1-4H,5,8-9H2. The maximum Gasteiger partial charge on any atom is 0.0317 e. The van der Waals surface area contributed by atoms with E-state index >= 15 is 0 Å². The van der Waals surface area contributed by atoms with Gasteiger partial charge in [-0.05, 0) is 95.5 Å². The molecule has 2 nitrogen and oxygen atoms in total. The third-order valence-corrected chi connectivity index (χ3v) is 10.5. The van der Waals surface area contributed by atoms with E-state index in [9.17, 15) is 0 Å². The number of aryl methyl sites for hydroxylation is 2. The summed E-state index contributed by atoms with van der Waals surface area (Å²) in [6, 6.07) is 21.2. The van der Waals surface area contributed by atoms with Crippen LogP contribution in [-0.2, 0) is 25.8 Å². The summed E-state index contributed by atoms with van der Waals surface area (Å²) in [5.74, 6) is 1.85. The maximum atomic E-state index is 5.48. The van der Waals surface area contributed by atoms with Gasteiger partial charge in [0.05, 0.1) is 0 Å². The highest BCUT2D eigenvalue weighted by Crippen LogP contribution is 2.35. The van der Waals surface area contributed by atoms with E-state index in [1.54, 1.807) is 11.1 Å². The maximum absolute atomic E-state index is 5.48. The first-order chi connectivity index (χ1) is 24.7. The van der Waals surface area contributed by atoms with Crippen molar-refractivity contribution in [1.82, 2.24) is 0 Å². The van der Waals surface area contributed by atoms with Gasteiger partial charge in [-0.25, -0.2) is 0 Å². The average molecular weight is 699 g/mol. The van der Waals surface area contributed by atoms with Crippen molar-refractivity contribution in [2.24, 2.45) is 17.6 Å². The van der Waals surface area contributed by atoms with E-state index in [0.29, 0.717) is 6.54 Å². The summed E-state index contributed by atoms with van der Waals surface area (Å²) in [7, 11) is 0. The smallest absolute Gasteiger partial charge is 0.0317 e. The van der Waals surface area contributed by atoms with Crippen LogP contribution in [-0.4, -0.2) is 0 Å². The van der Waals surface area contributed by atoms with Crippen molar-refractivity contribution in [2.45, 2.75) is 190 Å². The summed E-state index contributed by atoms with van der Waals surface area (Å²) in [5.41, 5.74) is 21.8. The fraction of sp³-hybridized carbons (Fsp3) is 0.633. The van der Waals surface area contributed by atoms with E-state index in [2.05, 4.69) is 91.8 Å². The van der Waals surface area contributed by atoms with Gasteiger partial charge >= 0.3 is 0 Å². The van der Waals surface area contributed by atoms with Crippen LogP contribution < -0.4 is 11.5 Å². The Labute approximate surface area is 318 Å². The molecular formula is C49H82N2. The number of hydrogen-bond acceptors (Lipinski definition) is 2. The summed E-state index contributed by atoms with van der Waals surface area (Å²) in [6.07, 6.45) is 27.7. The molecule has 0 spiro atoms. The lowest BCUT2D eigenvalue weighted by Gasteiger charge is -2.14. The van der Waals surface area contributed by atoms with E-state index in [1.165, 1.54) is 151 Å². The number of rotatable bonds is 19. The molecule has 1 atom stereocenters. The van der Waals surface area contributed by atoms with Crippen molar-refractivity contribution in [1.29, 1.82) is 0 Å². The molecule has 3 aromatic carbocycles. The Morgan fingerprint density at radius 3 is 1.78 bits per heavy atom. The summed E-state index contributed by atoms with van der Waals surface area (Å²) in [6.45, 7) is 18.9. The van der Waals surface area contributed by atoms with E-state index in [-0.39, 0.29) is 0 Å².